The Morgan fingerprint density at radius 3 is 2.72 bits per heavy atom. The molecule has 1 aliphatic carbocycles. The van der Waals surface area contributed by atoms with E-state index in [-0.39, 0.29) is 5.60 Å². The zero-order valence-electron chi connectivity index (χ0n) is 11.7. The van der Waals surface area contributed by atoms with Crippen molar-refractivity contribution in [2.75, 3.05) is 14.2 Å². The molecule has 0 aliphatic heterocycles. The van der Waals surface area contributed by atoms with Crippen molar-refractivity contribution < 1.29 is 4.74 Å². The quantitative estimate of drug-likeness (QED) is 0.882. The number of hydrogen-bond acceptors (Lipinski definition) is 3. The fraction of sp³-hybridized carbons (Fsp3) is 0.733. The summed E-state index contributed by atoms with van der Waals surface area (Å²) in [5.74, 6) is 0.854. The summed E-state index contributed by atoms with van der Waals surface area (Å²) in [5.41, 5.74) is 1.46. The third-order valence-electron chi connectivity index (χ3n) is 4.53. The summed E-state index contributed by atoms with van der Waals surface area (Å²) in [5, 5.41) is 7.90. The van der Waals surface area contributed by atoms with Crippen molar-refractivity contribution in [2.45, 2.75) is 50.7 Å². The molecule has 1 aromatic heterocycles. The van der Waals surface area contributed by atoms with Gasteiger partial charge in [-0.3, -0.25) is 0 Å². The summed E-state index contributed by atoms with van der Waals surface area (Å²) in [7, 11) is 3.95. The first-order valence-electron chi connectivity index (χ1n) is 6.93. The predicted octanol–water partition coefficient (Wildman–Crippen LogP) is 3.47. The molecule has 3 heteroatoms. The van der Waals surface area contributed by atoms with Crippen molar-refractivity contribution in [3.05, 3.63) is 22.4 Å². The average molecular weight is 267 g/mol. The summed E-state index contributed by atoms with van der Waals surface area (Å²) in [4.78, 5) is 0. The lowest BCUT2D eigenvalue weighted by Gasteiger charge is -2.44. The zero-order valence-corrected chi connectivity index (χ0v) is 12.6. The minimum absolute atomic E-state index is 0.0309. The molecule has 1 aliphatic rings. The molecular formula is C15H25NOS. The summed E-state index contributed by atoms with van der Waals surface area (Å²) in [6.07, 6.45) is 6.01. The molecule has 1 unspecified atom stereocenters. The highest BCUT2D eigenvalue weighted by atomic mass is 32.1. The van der Waals surface area contributed by atoms with Crippen molar-refractivity contribution in [3.63, 3.8) is 0 Å². The normalized spacial score (nSPS) is 30.3. The minimum atomic E-state index is 0.0309. The van der Waals surface area contributed by atoms with Crippen LogP contribution in [0.25, 0.3) is 0 Å². The maximum absolute atomic E-state index is 5.97. The highest BCUT2D eigenvalue weighted by Gasteiger charge is 2.40. The van der Waals surface area contributed by atoms with Crippen molar-refractivity contribution in [2.24, 2.45) is 5.92 Å². The number of ether oxygens (including phenoxy) is 1. The second-order valence-corrected chi connectivity index (χ2v) is 6.41. The van der Waals surface area contributed by atoms with Crippen molar-refractivity contribution in [3.8, 4) is 0 Å². The Balaban J connectivity index is 2.08. The van der Waals surface area contributed by atoms with Crippen molar-refractivity contribution in [1.82, 2.24) is 5.32 Å². The summed E-state index contributed by atoms with van der Waals surface area (Å²) in [6, 6.07) is 2.65. The Hall–Kier alpha value is -0.380. The van der Waals surface area contributed by atoms with E-state index in [0.29, 0.717) is 6.04 Å². The molecule has 2 rings (SSSR count). The van der Waals surface area contributed by atoms with Crippen LogP contribution in [0, 0.1) is 5.92 Å². The maximum atomic E-state index is 5.97. The summed E-state index contributed by atoms with van der Waals surface area (Å²) < 4.78 is 5.97. The van der Waals surface area contributed by atoms with Gasteiger partial charge in [-0.2, -0.15) is 11.3 Å². The predicted molar refractivity (Wildman–Crippen MR) is 78.2 cm³/mol. The third kappa shape index (κ3) is 2.95. The zero-order chi connectivity index (χ0) is 13.0. The van der Waals surface area contributed by atoms with E-state index in [0.717, 1.165) is 12.3 Å². The molecule has 0 saturated heterocycles. The molecule has 0 aromatic carbocycles. The molecule has 0 amide bonds. The molecular weight excluding hydrogens is 242 g/mol. The molecule has 0 bridgehead atoms. The van der Waals surface area contributed by atoms with Gasteiger partial charge in [0.25, 0.3) is 0 Å². The SMILES string of the molecule is CNC(Cc1ccsc1)C1(OC)CCC(C)CC1. The van der Waals surface area contributed by atoms with Gasteiger partial charge in [0.1, 0.15) is 0 Å². The fourth-order valence-electron chi connectivity index (χ4n) is 3.14. The van der Waals surface area contributed by atoms with E-state index in [2.05, 4.69) is 36.1 Å². The van der Waals surface area contributed by atoms with Gasteiger partial charge in [0.05, 0.1) is 5.60 Å². The summed E-state index contributed by atoms with van der Waals surface area (Å²) in [6.45, 7) is 2.35. The number of thiophene rings is 1. The Labute approximate surface area is 115 Å². The van der Waals surface area contributed by atoms with Crippen LogP contribution < -0.4 is 5.32 Å². The summed E-state index contributed by atoms with van der Waals surface area (Å²) >= 11 is 1.78. The Morgan fingerprint density at radius 1 is 1.50 bits per heavy atom. The van der Waals surface area contributed by atoms with E-state index in [1.54, 1.807) is 11.3 Å². The largest absolute Gasteiger partial charge is 0.377 e. The van der Waals surface area contributed by atoms with Crippen LogP contribution in [-0.4, -0.2) is 25.8 Å². The van der Waals surface area contributed by atoms with E-state index in [1.165, 1.54) is 31.2 Å². The van der Waals surface area contributed by atoms with Gasteiger partial charge in [0.15, 0.2) is 0 Å². The van der Waals surface area contributed by atoms with Crippen LogP contribution in [0.3, 0.4) is 0 Å². The van der Waals surface area contributed by atoms with Crippen LogP contribution in [0.15, 0.2) is 16.8 Å². The van der Waals surface area contributed by atoms with Gasteiger partial charge in [-0.15, -0.1) is 0 Å². The van der Waals surface area contributed by atoms with E-state index in [4.69, 9.17) is 4.74 Å². The maximum Gasteiger partial charge on any atom is 0.0834 e. The fourth-order valence-corrected chi connectivity index (χ4v) is 3.82. The molecule has 102 valence electrons. The lowest BCUT2D eigenvalue weighted by atomic mass is 9.74. The lowest BCUT2D eigenvalue weighted by molar-refractivity contribution is -0.0730. The topological polar surface area (TPSA) is 21.3 Å². The van der Waals surface area contributed by atoms with E-state index >= 15 is 0 Å². The van der Waals surface area contributed by atoms with Gasteiger partial charge < -0.3 is 10.1 Å². The number of rotatable bonds is 5. The van der Waals surface area contributed by atoms with Gasteiger partial charge in [0.2, 0.25) is 0 Å². The van der Waals surface area contributed by atoms with Gasteiger partial charge in [-0.05, 0) is 67.5 Å². The van der Waals surface area contributed by atoms with Gasteiger partial charge in [-0.25, -0.2) is 0 Å². The molecule has 18 heavy (non-hydrogen) atoms. The highest BCUT2D eigenvalue weighted by Crippen LogP contribution is 2.37. The van der Waals surface area contributed by atoms with Crippen LogP contribution >= 0.6 is 11.3 Å². The van der Waals surface area contributed by atoms with Crippen LogP contribution in [0.1, 0.15) is 38.2 Å². The Morgan fingerprint density at radius 2 is 2.22 bits per heavy atom. The Bertz CT molecular complexity index is 341. The van der Waals surface area contributed by atoms with Crippen LogP contribution in [-0.2, 0) is 11.2 Å². The molecule has 2 nitrogen and oxygen atoms in total. The first-order chi connectivity index (χ1) is 8.70. The smallest absolute Gasteiger partial charge is 0.0834 e. The second-order valence-electron chi connectivity index (χ2n) is 5.63. The molecule has 0 radical (unpaired) electrons. The molecule has 1 saturated carbocycles. The number of likely N-dealkylation sites (N-methyl/N-ethyl adjacent to an activating group) is 1. The number of methoxy groups -OCH3 is 1. The Kier molecular flexibility index (Phi) is 4.82. The molecule has 1 fully saturated rings. The second kappa shape index (κ2) is 6.18. The molecule has 1 aromatic rings. The van der Waals surface area contributed by atoms with Crippen molar-refractivity contribution in [1.29, 1.82) is 0 Å². The third-order valence-corrected chi connectivity index (χ3v) is 5.26. The van der Waals surface area contributed by atoms with E-state index in [9.17, 15) is 0 Å². The van der Waals surface area contributed by atoms with Gasteiger partial charge in [0, 0.05) is 13.2 Å². The van der Waals surface area contributed by atoms with Crippen LogP contribution in [0.5, 0.6) is 0 Å². The standard InChI is InChI=1S/C15H25NOS/c1-12-4-7-15(17-3,8-5-12)14(16-2)10-13-6-9-18-11-13/h6,9,11-12,14,16H,4-5,7-8,10H2,1-3H3. The molecule has 1 N–H and O–H groups in total. The number of nitrogens with one attached hydrogen (secondary N) is 1. The minimum Gasteiger partial charge on any atom is -0.377 e. The number of hydrogen-bond donors (Lipinski definition) is 1. The molecule has 0 spiro atoms. The monoisotopic (exact) mass is 267 g/mol. The lowest BCUT2D eigenvalue weighted by Crippen LogP contribution is -2.53. The first kappa shape index (κ1) is 14.0. The molecule has 1 atom stereocenters. The van der Waals surface area contributed by atoms with Gasteiger partial charge in [-0.1, -0.05) is 6.92 Å². The first-order valence-corrected chi connectivity index (χ1v) is 7.88. The highest BCUT2D eigenvalue weighted by molar-refractivity contribution is 7.07. The van der Waals surface area contributed by atoms with Crippen LogP contribution in [0.4, 0.5) is 0 Å². The molecule has 1 heterocycles. The van der Waals surface area contributed by atoms with E-state index in [1.807, 2.05) is 7.11 Å². The average Bonchev–Trinajstić information content (AvgIpc) is 2.90. The van der Waals surface area contributed by atoms with Crippen molar-refractivity contribution >= 4 is 11.3 Å². The van der Waals surface area contributed by atoms with Crippen LogP contribution in [0.2, 0.25) is 0 Å². The van der Waals surface area contributed by atoms with E-state index < -0.39 is 0 Å². The van der Waals surface area contributed by atoms with Gasteiger partial charge >= 0.3 is 0 Å².